The van der Waals surface area contributed by atoms with Crippen LogP contribution in [0.25, 0.3) is 0 Å². The second-order valence-corrected chi connectivity index (χ2v) is 1.98. The zero-order chi connectivity index (χ0) is 7.28. The summed E-state index contributed by atoms with van der Waals surface area (Å²) in [6, 6.07) is 0. The summed E-state index contributed by atoms with van der Waals surface area (Å²) in [7, 11) is 0. The molecule has 0 amide bonds. The number of hydrogen-bond acceptors (Lipinski definition) is 2. The molecule has 0 aromatic rings. The molecule has 3 nitrogen and oxygen atoms in total. The first kappa shape index (κ1) is 8.63. The van der Waals surface area contributed by atoms with Crippen LogP contribution in [-0.4, -0.2) is 14.9 Å². The zero-order valence-electron chi connectivity index (χ0n) is 5.25. The summed E-state index contributed by atoms with van der Waals surface area (Å²) in [6.07, 6.45) is -0.471. The summed E-state index contributed by atoms with van der Waals surface area (Å²) in [5.74, 6) is 5.10. The summed E-state index contributed by atoms with van der Waals surface area (Å²) in [6.45, 7) is 3.24. The molecule has 0 bridgehead atoms. The molecular weight excluding hydrogens is 140 g/mol. The summed E-state index contributed by atoms with van der Waals surface area (Å²) < 4.78 is 22.4. The van der Waals surface area contributed by atoms with Crippen molar-refractivity contribution >= 4 is 11.4 Å². The van der Waals surface area contributed by atoms with Gasteiger partial charge in [-0.2, -0.15) is 4.21 Å². The second kappa shape index (κ2) is 4.50. The third-order valence-corrected chi connectivity index (χ3v) is 1.03. The minimum absolute atomic E-state index is 0.471. The molecule has 0 saturated heterocycles. The molecule has 2 atom stereocenters. The third-order valence-electron chi connectivity index (χ3n) is 0.574. The summed E-state index contributed by atoms with van der Waals surface area (Å²) in [4.78, 5) is 0. The molecule has 1 N–H and O–H groups in total. The SMILES string of the molecule is CC#CC(C)OS(=O)O. The van der Waals surface area contributed by atoms with Gasteiger partial charge in [0.2, 0.25) is 0 Å². The topological polar surface area (TPSA) is 46.5 Å². The molecule has 0 fully saturated rings. The molecule has 9 heavy (non-hydrogen) atoms. The Bertz CT molecular complexity index is 155. The molecule has 0 aliphatic rings. The van der Waals surface area contributed by atoms with Gasteiger partial charge in [-0.15, -0.1) is 5.92 Å². The number of hydrogen-bond donors (Lipinski definition) is 1. The van der Waals surface area contributed by atoms with E-state index in [9.17, 15) is 4.21 Å². The van der Waals surface area contributed by atoms with Crippen LogP contribution in [0.15, 0.2) is 0 Å². The van der Waals surface area contributed by atoms with Crippen LogP contribution in [0.5, 0.6) is 0 Å². The number of rotatable bonds is 2. The first-order valence-corrected chi connectivity index (χ1v) is 3.40. The van der Waals surface area contributed by atoms with E-state index in [4.69, 9.17) is 4.55 Å². The van der Waals surface area contributed by atoms with E-state index < -0.39 is 17.5 Å². The smallest absolute Gasteiger partial charge is 0.284 e. The molecule has 0 aliphatic heterocycles. The van der Waals surface area contributed by atoms with Crippen LogP contribution < -0.4 is 0 Å². The molecule has 0 aliphatic carbocycles. The van der Waals surface area contributed by atoms with Gasteiger partial charge >= 0.3 is 11.4 Å². The third kappa shape index (κ3) is 5.50. The molecule has 2 unspecified atom stereocenters. The molecule has 0 rings (SSSR count). The zero-order valence-corrected chi connectivity index (χ0v) is 6.07. The minimum atomic E-state index is -2.20. The van der Waals surface area contributed by atoms with Crippen molar-refractivity contribution in [3.63, 3.8) is 0 Å². The molecule has 0 saturated carbocycles. The van der Waals surface area contributed by atoms with E-state index in [1.165, 1.54) is 0 Å². The lowest BCUT2D eigenvalue weighted by molar-refractivity contribution is 0.274. The van der Waals surface area contributed by atoms with E-state index in [0.717, 1.165) is 0 Å². The Morgan fingerprint density at radius 2 is 2.33 bits per heavy atom. The Balaban J connectivity index is 3.59. The first-order valence-electron chi connectivity index (χ1n) is 2.37. The Kier molecular flexibility index (Phi) is 4.32. The fourth-order valence-electron chi connectivity index (χ4n) is 0.351. The van der Waals surface area contributed by atoms with Crippen LogP contribution in [0.2, 0.25) is 0 Å². The van der Waals surface area contributed by atoms with Crippen LogP contribution in [0.1, 0.15) is 13.8 Å². The van der Waals surface area contributed by atoms with Crippen LogP contribution in [0.4, 0.5) is 0 Å². The maximum Gasteiger partial charge on any atom is 0.303 e. The highest BCUT2D eigenvalue weighted by Gasteiger charge is 1.99. The van der Waals surface area contributed by atoms with Crippen LogP contribution in [0.3, 0.4) is 0 Å². The van der Waals surface area contributed by atoms with Gasteiger partial charge in [0.1, 0.15) is 6.10 Å². The van der Waals surface area contributed by atoms with Gasteiger partial charge in [-0.25, -0.2) is 0 Å². The molecule has 52 valence electrons. The Morgan fingerprint density at radius 3 is 2.67 bits per heavy atom. The van der Waals surface area contributed by atoms with Crippen molar-refractivity contribution in [2.45, 2.75) is 20.0 Å². The van der Waals surface area contributed by atoms with Crippen LogP contribution in [0, 0.1) is 11.8 Å². The Labute approximate surface area is 56.9 Å². The highest BCUT2D eigenvalue weighted by molar-refractivity contribution is 7.74. The van der Waals surface area contributed by atoms with Crippen LogP contribution in [-0.2, 0) is 15.5 Å². The van der Waals surface area contributed by atoms with Crippen molar-refractivity contribution < 1.29 is 12.9 Å². The molecule has 4 heteroatoms. The molecular formula is C5H8O3S. The summed E-state index contributed by atoms with van der Waals surface area (Å²) >= 11 is -2.20. The maximum absolute atomic E-state index is 9.91. The fraction of sp³-hybridized carbons (Fsp3) is 0.600. The molecule has 0 aromatic heterocycles. The van der Waals surface area contributed by atoms with Gasteiger partial charge in [0, 0.05) is 0 Å². The van der Waals surface area contributed by atoms with E-state index in [-0.39, 0.29) is 0 Å². The van der Waals surface area contributed by atoms with Crippen molar-refractivity contribution in [2.24, 2.45) is 0 Å². The van der Waals surface area contributed by atoms with Gasteiger partial charge in [0.05, 0.1) is 0 Å². The van der Waals surface area contributed by atoms with Crippen LogP contribution >= 0.6 is 0 Å². The molecule has 0 heterocycles. The van der Waals surface area contributed by atoms with Crippen molar-refractivity contribution in [1.82, 2.24) is 0 Å². The largest absolute Gasteiger partial charge is 0.303 e. The average Bonchev–Trinajstić information content (AvgIpc) is 1.63. The van der Waals surface area contributed by atoms with Gasteiger partial charge in [-0.05, 0) is 13.8 Å². The monoisotopic (exact) mass is 148 g/mol. The summed E-state index contributed by atoms with van der Waals surface area (Å²) in [5, 5.41) is 0. The van der Waals surface area contributed by atoms with Crippen molar-refractivity contribution in [3.05, 3.63) is 0 Å². The first-order chi connectivity index (χ1) is 4.16. The van der Waals surface area contributed by atoms with Gasteiger partial charge in [0.25, 0.3) is 0 Å². The van der Waals surface area contributed by atoms with E-state index in [2.05, 4.69) is 16.0 Å². The van der Waals surface area contributed by atoms with Gasteiger partial charge in [-0.3, -0.25) is 8.74 Å². The highest BCUT2D eigenvalue weighted by atomic mass is 32.2. The van der Waals surface area contributed by atoms with E-state index in [1.54, 1.807) is 13.8 Å². The van der Waals surface area contributed by atoms with Crippen molar-refractivity contribution in [1.29, 1.82) is 0 Å². The predicted octanol–water partition coefficient (Wildman–Crippen LogP) is 0.552. The quantitative estimate of drug-likeness (QED) is 0.459. The predicted molar refractivity (Wildman–Crippen MR) is 34.8 cm³/mol. The molecule has 0 spiro atoms. The minimum Gasteiger partial charge on any atom is -0.284 e. The van der Waals surface area contributed by atoms with Gasteiger partial charge in [-0.1, -0.05) is 5.92 Å². The van der Waals surface area contributed by atoms with E-state index in [1.807, 2.05) is 0 Å². The Hall–Kier alpha value is -0.370. The van der Waals surface area contributed by atoms with Crippen molar-refractivity contribution in [2.75, 3.05) is 0 Å². The molecule has 0 aromatic carbocycles. The van der Waals surface area contributed by atoms with E-state index in [0.29, 0.717) is 0 Å². The Morgan fingerprint density at radius 1 is 1.78 bits per heavy atom. The normalized spacial score (nSPS) is 15.4. The second-order valence-electron chi connectivity index (χ2n) is 1.35. The fourth-order valence-corrected chi connectivity index (χ4v) is 0.646. The average molecular weight is 148 g/mol. The lowest BCUT2D eigenvalue weighted by atomic mass is 10.4. The highest BCUT2D eigenvalue weighted by Crippen LogP contribution is 1.89. The lowest BCUT2D eigenvalue weighted by Crippen LogP contribution is -2.06. The standard InChI is InChI=1S/C5H8O3S/c1-3-4-5(2)8-9(6)7/h5H,1-2H3,(H,6,7). The maximum atomic E-state index is 9.91. The van der Waals surface area contributed by atoms with Gasteiger partial charge < -0.3 is 0 Å². The van der Waals surface area contributed by atoms with Crippen molar-refractivity contribution in [3.8, 4) is 11.8 Å². The molecule has 0 radical (unpaired) electrons. The van der Waals surface area contributed by atoms with Gasteiger partial charge in [0.15, 0.2) is 0 Å². The summed E-state index contributed by atoms with van der Waals surface area (Å²) in [5.41, 5.74) is 0. The van der Waals surface area contributed by atoms with E-state index >= 15 is 0 Å². The lowest BCUT2D eigenvalue weighted by Gasteiger charge is -1.97.